The molecule has 0 saturated heterocycles. The maximum Gasteiger partial charge on any atom is 0.193 e. The summed E-state index contributed by atoms with van der Waals surface area (Å²) in [5.41, 5.74) is 0.685. The normalized spacial score (nSPS) is 15.5. The zero-order valence-electron chi connectivity index (χ0n) is 13.0. The molecule has 2 rings (SSSR count). The molecule has 0 radical (unpaired) electrons. The predicted molar refractivity (Wildman–Crippen MR) is 82.4 cm³/mol. The molecule has 0 unspecified atom stereocenters. The summed E-state index contributed by atoms with van der Waals surface area (Å²) >= 11 is 0. The molecular weight excluding hydrogens is 268 g/mol. The van der Waals surface area contributed by atoms with Gasteiger partial charge in [-0.05, 0) is 39.0 Å². The SMILES string of the molecule is CC=CC(=O)c1c(OC)cc(OC)c2c1OC(C)(C)C=C2. The van der Waals surface area contributed by atoms with Gasteiger partial charge < -0.3 is 14.2 Å². The van der Waals surface area contributed by atoms with E-state index in [-0.39, 0.29) is 5.78 Å². The van der Waals surface area contributed by atoms with Crippen LogP contribution in [0.15, 0.2) is 24.3 Å². The average molecular weight is 288 g/mol. The molecule has 4 heteroatoms. The molecule has 0 aromatic heterocycles. The number of ketones is 1. The number of carbonyl (C=O) groups is 1. The van der Waals surface area contributed by atoms with Gasteiger partial charge in [0, 0.05) is 6.07 Å². The summed E-state index contributed by atoms with van der Waals surface area (Å²) in [4.78, 5) is 12.4. The second-order valence-electron chi connectivity index (χ2n) is 5.30. The first kappa shape index (κ1) is 15.2. The van der Waals surface area contributed by atoms with Crippen LogP contribution >= 0.6 is 0 Å². The topological polar surface area (TPSA) is 44.8 Å². The molecule has 4 nitrogen and oxygen atoms in total. The van der Waals surface area contributed by atoms with Crippen LogP contribution in [0.5, 0.6) is 17.2 Å². The maximum atomic E-state index is 12.4. The zero-order valence-corrected chi connectivity index (χ0v) is 13.0. The van der Waals surface area contributed by atoms with E-state index in [1.165, 1.54) is 13.2 Å². The van der Waals surface area contributed by atoms with Gasteiger partial charge in [-0.1, -0.05) is 6.08 Å². The molecule has 0 aliphatic carbocycles. The second kappa shape index (κ2) is 5.64. The van der Waals surface area contributed by atoms with Crippen LogP contribution in [-0.2, 0) is 0 Å². The number of hydrogen-bond acceptors (Lipinski definition) is 4. The molecule has 0 bridgehead atoms. The summed E-state index contributed by atoms with van der Waals surface area (Å²) in [5.74, 6) is 1.41. The predicted octanol–water partition coefficient (Wildman–Crippen LogP) is 3.65. The fourth-order valence-electron chi connectivity index (χ4n) is 2.27. The highest BCUT2D eigenvalue weighted by atomic mass is 16.5. The van der Waals surface area contributed by atoms with Gasteiger partial charge in [0.1, 0.15) is 28.4 Å². The van der Waals surface area contributed by atoms with Gasteiger partial charge in [0.25, 0.3) is 0 Å². The Labute approximate surface area is 125 Å². The number of ether oxygens (including phenoxy) is 3. The fraction of sp³-hybridized carbons (Fsp3) is 0.353. The molecule has 1 heterocycles. The van der Waals surface area contributed by atoms with Crippen molar-refractivity contribution in [2.24, 2.45) is 0 Å². The maximum absolute atomic E-state index is 12.4. The minimum atomic E-state index is -0.491. The molecule has 1 aliphatic heterocycles. The quantitative estimate of drug-likeness (QED) is 0.626. The van der Waals surface area contributed by atoms with Crippen molar-refractivity contribution in [3.8, 4) is 17.2 Å². The van der Waals surface area contributed by atoms with Crippen molar-refractivity contribution in [2.75, 3.05) is 14.2 Å². The fourth-order valence-corrected chi connectivity index (χ4v) is 2.27. The molecule has 112 valence electrons. The summed E-state index contributed by atoms with van der Waals surface area (Å²) in [6, 6.07) is 1.71. The third kappa shape index (κ3) is 2.79. The van der Waals surface area contributed by atoms with E-state index in [4.69, 9.17) is 14.2 Å². The minimum absolute atomic E-state index is 0.153. The van der Waals surface area contributed by atoms with Crippen molar-refractivity contribution in [3.05, 3.63) is 35.4 Å². The molecule has 0 N–H and O–H groups in total. The van der Waals surface area contributed by atoms with Crippen LogP contribution in [0.2, 0.25) is 0 Å². The van der Waals surface area contributed by atoms with Gasteiger partial charge in [-0.3, -0.25) is 4.79 Å². The van der Waals surface area contributed by atoms with E-state index in [1.54, 1.807) is 26.2 Å². The number of carbonyl (C=O) groups excluding carboxylic acids is 1. The second-order valence-corrected chi connectivity index (χ2v) is 5.30. The first-order valence-electron chi connectivity index (χ1n) is 6.77. The van der Waals surface area contributed by atoms with Crippen molar-refractivity contribution in [1.29, 1.82) is 0 Å². The summed E-state index contributed by atoms with van der Waals surface area (Å²) in [6.07, 6.45) is 7.05. The van der Waals surface area contributed by atoms with Crippen LogP contribution in [0.4, 0.5) is 0 Å². The Morgan fingerprint density at radius 3 is 2.48 bits per heavy atom. The van der Waals surface area contributed by atoms with Crippen molar-refractivity contribution < 1.29 is 19.0 Å². The van der Waals surface area contributed by atoms with E-state index >= 15 is 0 Å². The standard InChI is InChI=1S/C17H20O4/c1-6-7-12(18)15-14(20-5)10-13(19-4)11-8-9-17(2,3)21-16(11)15/h6-10H,1-5H3. The molecule has 0 spiro atoms. The molecule has 21 heavy (non-hydrogen) atoms. The summed E-state index contributed by atoms with van der Waals surface area (Å²) in [6.45, 7) is 5.66. The highest BCUT2D eigenvalue weighted by molar-refractivity contribution is 6.09. The Bertz CT molecular complexity index is 624. The van der Waals surface area contributed by atoms with E-state index in [0.717, 1.165) is 5.56 Å². The van der Waals surface area contributed by atoms with Crippen LogP contribution in [0.3, 0.4) is 0 Å². The molecule has 0 amide bonds. The molecule has 0 atom stereocenters. The van der Waals surface area contributed by atoms with Crippen LogP contribution in [-0.4, -0.2) is 25.6 Å². The van der Waals surface area contributed by atoms with E-state index in [2.05, 4.69) is 0 Å². The van der Waals surface area contributed by atoms with Crippen molar-refractivity contribution in [2.45, 2.75) is 26.4 Å². The molecule has 1 aliphatic rings. The smallest absolute Gasteiger partial charge is 0.193 e. The lowest BCUT2D eigenvalue weighted by Crippen LogP contribution is -2.29. The first-order valence-corrected chi connectivity index (χ1v) is 6.77. The molecule has 1 aromatic carbocycles. The largest absolute Gasteiger partial charge is 0.496 e. The Kier molecular flexibility index (Phi) is 4.07. The molecule has 0 fully saturated rings. The van der Waals surface area contributed by atoms with Gasteiger partial charge >= 0.3 is 0 Å². The summed E-state index contributed by atoms with van der Waals surface area (Å²) in [7, 11) is 3.10. The Morgan fingerprint density at radius 2 is 1.90 bits per heavy atom. The Hall–Kier alpha value is -2.23. The van der Waals surface area contributed by atoms with E-state index in [0.29, 0.717) is 22.8 Å². The third-order valence-corrected chi connectivity index (χ3v) is 3.27. The van der Waals surface area contributed by atoms with Crippen LogP contribution in [0, 0.1) is 0 Å². The Morgan fingerprint density at radius 1 is 1.24 bits per heavy atom. The number of benzene rings is 1. The van der Waals surface area contributed by atoms with Gasteiger partial charge in [-0.25, -0.2) is 0 Å². The van der Waals surface area contributed by atoms with E-state index in [1.807, 2.05) is 26.0 Å². The highest BCUT2D eigenvalue weighted by Gasteiger charge is 2.30. The average Bonchev–Trinajstić information content (AvgIpc) is 2.44. The lowest BCUT2D eigenvalue weighted by atomic mass is 9.96. The lowest BCUT2D eigenvalue weighted by molar-refractivity contribution is 0.102. The number of fused-ring (bicyclic) bond motifs is 1. The summed E-state index contributed by atoms with van der Waals surface area (Å²) < 4.78 is 16.7. The number of rotatable bonds is 4. The third-order valence-electron chi connectivity index (χ3n) is 3.27. The van der Waals surface area contributed by atoms with Gasteiger partial charge in [0.15, 0.2) is 5.78 Å². The number of hydrogen-bond donors (Lipinski definition) is 0. The molecular formula is C17H20O4. The van der Waals surface area contributed by atoms with E-state index < -0.39 is 5.60 Å². The van der Waals surface area contributed by atoms with Crippen LogP contribution in [0.25, 0.3) is 6.08 Å². The van der Waals surface area contributed by atoms with Gasteiger partial charge in [0.2, 0.25) is 0 Å². The van der Waals surface area contributed by atoms with Gasteiger partial charge in [-0.15, -0.1) is 0 Å². The molecule has 0 saturated carbocycles. The van der Waals surface area contributed by atoms with Crippen molar-refractivity contribution in [3.63, 3.8) is 0 Å². The zero-order chi connectivity index (χ0) is 15.6. The first-order chi connectivity index (χ1) is 9.93. The molecule has 1 aromatic rings. The Balaban J connectivity index is 2.75. The van der Waals surface area contributed by atoms with E-state index in [9.17, 15) is 4.79 Å². The van der Waals surface area contributed by atoms with Gasteiger partial charge in [0.05, 0.1) is 19.8 Å². The van der Waals surface area contributed by atoms with Crippen LogP contribution < -0.4 is 14.2 Å². The van der Waals surface area contributed by atoms with Crippen molar-refractivity contribution >= 4 is 11.9 Å². The van der Waals surface area contributed by atoms with Gasteiger partial charge in [-0.2, -0.15) is 0 Å². The lowest BCUT2D eigenvalue weighted by Gasteiger charge is -2.30. The van der Waals surface area contributed by atoms with Crippen LogP contribution in [0.1, 0.15) is 36.7 Å². The highest BCUT2D eigenvalue weighted by Crippen LogP contribution is 2.44. The minimum Gasteiger partial charge on any atom is -0.496 e. The number of methoxy groups -OCH3 is 2. The summed E-state index contributed by atoms with van der Waals surface area (Å²) in [5, 5.41) is 0. The monoisotopic (exact) mass is 288 g/mol. The number of allylic oxidation sites excluding steroid dienone is 2. The van der Waals surface area contributed by atoms with Crippen molar-refractivity contribution in [1.82, 2.24) is 0 Å².